The first kappa shape index (κ1) is 14.4. The average Bonchev–Trinajstić information content (AvgIpc) is 1.96. The summed E-state index contributed by atoms with van der Waals surface area (Å²) < 4.78 is 21.5. The fourth-order valence-corrected chi connectivity index (χ4v) is 1.73. The van der Waals surface area contributed by atoms with Gasteiger partial charge in [-0.25, -0.2) is 8.42 Å². The molecule has 0 saturated heterocycles. The monoisotopic (exact) mass is 237 g/mol. The van der Waals surface area contributed by atoms with E-state index in [1.165, 1.54) is 0 Å². The van der Waals surface area contributed by atoms with Gasteiger partial charge in [0.05, 0.1) is 6.10 Å². The zero-order valence-corrected chi connectivity index (χ0v) is 10.2. The third-order valence-electron chi connectivity index (χ3n) is 1.67. The minimum absolute atomic E-state index is 0.104. The first-order chi connectivity index (χ1) is 6.70. The molecule has 0 heterocycles. The first-order valence-electron chi connectivity index (χ1n) is 4.83. The lowest BCUT2D eigenvalue weighted by molar-refractivity contribution is -0.119. The molecule has 0 aliphatic carbocycles. The largest absolute Gasteiger partial charge is 0.391 e. The van der Waals surface area contributed by atoms with E-state index in [-0.39, 0.29) is 6.54 Å². The van der Waals surface area contributed by atoms with Crippen LogP contribution >= 0.6 is 0 Å². The fourth-order valence-electron chi connectivity index (χ4n) is 1.15. The van der Waals surface area contributed by atoms with Crippen LogP contribution in [0.1, 0.15) is 20.3 Å². The maximum absolute atomic E-state index is 11.0. The van der Waals surface area contributed by atoms with E-state index < -0.39 is 27.6 Å². The van der Waals surface area contributed by atoms with Crippen LogP contribution in [-0.4, -0.2) is 44.1 Å². The second-order valence-electron chi connectivity index (χ2n) is 4.16. The van der Waals surface area contributed by atoms with Crippen LogP contribution in [-0.2, 0) is 14.6 Å². The van der Waals surface area contributed by atoms with Gasteiger partial charge in [0.1, 0.15) is 5.75 Å². The number of rotatable bonds is 6. The van der Waals surface area contributed by atoms with E-state index >= 15 is 0 Å². The normalized spacial score (nSPS) is 13.9. The summed E-state index contributed by atoms with van der Waals surface area (Å²) in [6, 6.07) is 0. The van der Waals surface area contributed by atoms with Crippen LogP contribution in [0.5, 0.6) is 0 Å². The number of amides is 1. The molecule has 0 aromatic rings. The van der Waals surface area contributed by atoms with Crippen molar-refractivity contribution in [3.63, 3.8) is 0 Å². The van der Waals surface area contributed by atoms with Crippen LogP contribution in [0.3, 0.4) is 0 Å². The van der Waals surface area contributed by atoms with Crippen LogP contribution < -0.4 is 5.32 Å². The number of aliphatic hydroxyl groups is 1. The van der Waals surface area contributed by atoms with E-state index in [0.717, 1.165) is 6.26 Å². The minimum atomic E-state index is -3.29. The molecule has 15 heavy (non-hydrogen) atoms. The number of carbonyl (C=O) groups excluding carboxylic acids is 1. The van der Waals surface area contributed by atoms with Crippen LogP contribution in [0.15, 0.2) is 0 Å². The van der Waals surface area contributed by atoms with Crippen LogP contribution in [0.2, 0.25) is 0 Å². The predicted octanol–water partition coefficient (Wildman–Crippen LogP) is -0.446. The molecule has 0 aromatic carbocycles. The van der Waals surface area contributed by atoms with Crippen molar-refractivity contribution in [2.45, 2.75) is 26.4 Å². The van der Waals surface area contributed by atoms with Crippen molar-refractivity contribution in [3.05, 3.63) is 0 Å². The summed E-state index contributed by atoms with van der Waals surface area (Å²) in [5, 5.41) is 11.8. The van der Waals surface area contributed by atoms with E-state index in [1.807, 2.05) is 13.8 Å². The van der Waals surface area contributed by atoms with Crippen molar-refractivity contribution in [3.8, 4) is 0 Å². The highest BCUT2D eigenvalue weighted by atomic mass is 32.2. The average molecular weight is 237 g/mol. The summed E-state index contributed by atoms with van der Waals surface area (Å²) in [6.45, 7) is 4.02. The number of sulfone groups is 1. The Morgan fingerprint density at radius 3 is 2.33 bits per heavy atom. The van der Waals surface area contributed by atoms with Crippen LogP contribution in [0.25, 0.3) is 0 Å². The molecule has 0 bridgehead atoms. The summed E-state index contributed by atoms with van der Waals surface area (Å²) in [7, 11) is -3.29. The van der Waals surface area contributed by atoms with Gasteiger partial charge in [-0.1, -0.05) is 13.8 Å². The number of hydrogen-bond acceptors (Lipinski definition) is 4. The van der Waals surface area contributed by atoms with E-state index in [1.54, 1.807) is 0 Å². The number of hydrogen-bond donors (Lipinski definition) is 2. The SMILES string of the molecule is CC(C)CC(O)CNC(=O)CS(C)(=O)=O. The summed E-state index contributed by atoms with van der Waals surface area (Å²) >= 11 is 0. The van der Waals surface area contributed by atoms with Crippen molar-refractivity contribution < 1.29 is 18.3 Å². The maximum atomic E-state index is 11.0. The molecular weight excluding hydrogens is 218 g/mol. The molecule has 0 rings (SSSR count). The molecule has 1 amide bonds. The smallest absolute Gasteiger partial charge is 0.235 e. The van der Waals surface area contributed by atoms with E-state index in [2.05, 4.69) is 5.32 Å². The van der Waals surface area contributed by atoms with Gasteiger partial charge in [0.2, 0.25) is 5.91 Å². The van der Waals surface area contributed by atoms with Gasteiger partial charge < -0.3 is 10.4 Å². The standard InChI is InChI=1S/C9H19NO4S/c1-7(2)4-8(11)5-10-9(12)6-15(3,13)14/h7-8,11H,4-6H2,1-3H3,(H,10,12). The predicted molar refractivity (Wildman–Crippen MR) is 58.2 cm³/mol. The minimum Gasteiger partial charge on any atom is -0.391 e. The van der Waals surface area contributed by atoms with Gasteiger partial charge in [0.25, 0.3) is 0 Å². The van der Waals surface area contributed by atoms with Crippen LogP contribution in [0.4, 0.5) is 0 Å². The number of aliphatic hydroxyl groups excluding tert-OH is 1. The van der Waals surface area contributed by atoms with Gasteiger partial charge in [-0.15, -0.1) is 0 Å². The molecule has 0 saturated carbocycles. The lowest BCUT2D eigenvalue weighted by atomic mass is 10.1. The van der Waals surface area contributed by atoms with Gasteiger partial charge in [0.15, 0.2) is 9.84 Å². The van der Waals surface area contributed by atoms with Crippen molar-refractivity contribution in [1.29, 1.82) is 0 Å². The molecule has 0 fully saturated rings. The Hall–Kier alpha value is -0.620. The van der Waals surface area contributed by atoms with E-state index in [4.69, 9.17) is 0 Å². The highest BCUT2D eigenvalue weighted by molar-refractivity contribution is 7.91. The topological polar surface area (TPSA) is 83.5 Å². The fraction of sp³-hybridized carbons (Fsp3) is 0.889. The highest BCUT2D eigenvalue weighted by Gasteiger charge is 2.12. The van der Waals surface area contributed by atoms with Crippen molar-refractivity contribution in [2.24, 2.45) is 5.92 Å². The molecular formula is C9H19NO4S. The van der Waals surface area contributed by atoms with Gasteiger partial charge in [-0.2, -0.15) is 0 Å². The Balaban J connectivity index is 3.81. The van der Waals surface area contributed by atoms with Crippen molar-refractivity contribution >= 4 is 15.7 Å². The Kier molecular flexibility index (Phi) is 5.82. The third-order valence-corrected chi connectivity index (χ3v) is 2.46. The summed E-state index contributed by atoms with van der Waals surface area (Å²) in [6.07, 6.45) is 0.963. The molecule has 90 valence electrons. The maximum Gasteiger partial charge on any atom is 0.235 e. The quantitative estimate of drug-likeness (QED) is 0.655. The second kappa shape index (κ2) is 6.07. The van der Waals surface area contributed by atoms with Gasteiger partial charge in [0, 0.05) is 12.8 Å². The molecule has 1 atom stereocenters. The Bertz CT molecular complexity index is 297. The van der Waals surface area contributed by atoms with Gasteiger partial charge in [-0.05, 0) is 12.3 Å². The van der Waals surface area contributed by atoms with Gasteiger partial charge in [-0.3, -0.25) is 4.79 Å². The first-order valence-corrected chi connectivity index (χ1v) is 6.89. The lowest BCUT2D eigenvalue weighted by Crippen LogP contribution is -2.36. The molecule has 0 spiro atoms. The molecule has 0 aliphatic heterocycles. The molecule has 2 N–H and O–H groups in total. The molecule has 5 nitrogen and oxygen atoms in total. The summed E-state index contributed by atoms with van der Waals surface area (Å²) in [4.78, 5) is 11.0. The number of carbonyl (C=O) groups is 1. The van der Waals surface area contributed by atoms with Gasteiger partial charge >= 0.3 is 0 Å². The molecule has 1 unspecified atom stereocenters. The zero-order valence-electron chi connectivity index (χ0n) is 9.36. The Morgan fingerprint density at radius 2 is 1.93 bits per heavy atom. The van der Waals surface area contributed by atoms with Crippen molar-refractivity contribution in [1.82, 2.24) is 5.32 Å². The number of nitrogens with one attached hydrogen (secondary N) is 1. The van der Waals surface area contributed by atoms with E-state index in [9.17, 15) is 18.3 Å². The summed E-state index contributed by atoms with van der Waals surface area (Å²) in [5.74, 6) is -0.756. The summed E-state index contributed by atoms with van der Waals surface area (Å²) in [5.41, 5.74) is 0. The molecule has 0 aromatic heterocycles. The second-order valence-corrected chi connectivity index (χ2v) is 6.30. The third kappa shape index (κ3) is 9.68. The zero-order chi connectivity index (χ0) is 12.1. The molecule has 0 aliphatic rings. The Labute approximate surface area is 90.8 Å². The van der Waals surface area contributed by atoms with E-state index in [0.29, 0.717) is 12.3 Å². The highest BCUT2D eigenvalue weighted by Crippen LogP contribution is 2.03. The Morgan fingerprint density at radius 1 is 1.40 bits per heavy atom. The molecule has 0 radical (unpaired) electrons. The van der Waals surface area contributed by atoms with Crippen molar-refractivity contribution in [2.75, 3.05) is 18.6 Å². The molecule has 6 heteroatoms. The van der Waals surface area contributed by atoms with Crippen LogP contribution in [0, 0.1) is 5.92 Å². The lowest BCUT2D eigenvalue weighted by Gasteiger charge is -2.13.